The van der Waals surface area contributed by atoms with Crippen molar-refractivity contribution in [3.8, 4) is 0 Å². The number of amides is 1. The highest BCUT2D eigenvalue weighted by molar-refractivity contribution is 6.02. The number of oxime groups is 1. The van der Waals surface area contributed by atoms with E-state index in [2.05, 4.69) is 15.5 Å². The Morgan fingerprint density at radius 3 is 2.53 bits per heavy atom. The Kier molecular flexibility index (Phi) is 3.72. The maximum Gasteiger partial charge on any atom is 0.320 e. The minimum Gasteiger partial charge on any atom is -0.409 e. The van der Waals surface area contributed by atoms with Gasteiger partial charge in [-0.15, -0.1) is 0 Å². The van der Waals surface area contributed by atoms with Crippen molar-refractivity contribution in [3.05, 3.63) is 59.9 Å². The lowest BCUT2D eigenvalue weighted by Gasteiger charge is -2.03. The van der Waals surface area contributed by atoms with Crippen molar-refractivity contribution >= 4 is 17.4 Å². The molecule has 0 bridgehead atoms. The molecule has 0 radical (unpaired) electrons. The number of hydrogen-bond donors (Lipinski definition) is 3. The fraction of sp³-hybridized carbons (Fsp3) is 0. The van der Waals surface area contributed by atoms with E-state index < -0.39 is 0 Å². The Hall–Kier alpha value is -2.89. The van der Waals surface area contributed by atoms with E-state index in [9.17, 15) is 4.79 Å². The molecule has 6 heteroatoms. The number of aromatic amines is 1. The van der Waals surface area contributed by atoms with Gasteiger partial charge in [0.15, 0.2) is 12.0 Å². The van der Waals surface area contributed by atoms with Crippen molar-refractivity contribution in [1.29, 1.82) is 0 Å². The molecule has 0 saturated heterocycles. The molecule has 0 spiro atoms. The number of pyridine rings is 1. The summed E-state index contributed by atoms with van der Waals surface area (Å²) in [5.41, 5.74) is 7.10. The minimum atomic E-state index is -0.239. The molecule has 0 atom stereocenters. The van der Waals surface area contributed by atoms with Crippen LogP contribution in [0.15, 0.2) is 53.8 Å². The summed E-state index contributed by atoms with van der Waals surface area (Å²) in [6.45, 7) is 0. The monoisotopic (exact) mass is 257 g/mol. The molecule has 2 rings (SSSR count). The van der Waals surface area contributed by atoms with E-state index in [1.54, 1.807) is 48.7 Å². The Bertz CT molecular complexity index is 594. The third-order valence-corrected chi connectivity index (χ3v) is 2.50. The van der Waals surface area contributed by atoms with Gasteiger partial charge in [-0.2, -0.15) is 0 Å². The Labute approximate surface area is 109 Å². The number of benzene rings is 1. The number of aromatic nitrogens is 1. The average Bonchev–Trinajstić information content (AvgIpc) is 2.48. The van der Waals surface area contributed by atoms with Crippen LogP contribution >= 0.6 is 0 Å². The highest BCUT2D eigenvalue weighted by atomic mass is 16.4. The Morgan fingerprint density at radius 2 is 1.95 bits per heavy atom. The van der Waals surface area contributed by atoms with Crippen LogP contribution in [0.25, 0.3) is 0 Å². The standard InChI is InChI=1S/C13H12N4O2/c14-12(17-19)9-4-6-10(7-5-9)16-13(18)11-3-1-2-8-15-11/h1-8,19H,(H2,14,17)(H,16,18)/p+1. The molecule has 0 aliphatic rings. The number of nitrogens with one attached hydrogen (secondary N) is 2. The number of carbonyl (C=O) groups is 1. The molecular weight excluding hydrogens is 244 g/mol. The van der Waals surface area contributed by atoms with E-state index >= 15 is 0 Å². The first-order chi connectivity index (χ1) is 9.20. The van der Waals surface area contributed by atoms with Gasteiger partial charge < -0.3 is 16.3 Å². The predicted octanol–water partition coefficient (Wildman–Crippen LogP) is 0.847. The molecule has 5 N–H and O–H groups in total. The summed E-state index contributed by atoms with van der Waals surface area (Å²) < 4.78 is 0. The van der Waals surface area contributed by atoms with E-state index in [4.69, 9.17) is 10.9 Å². The molecule has 6 nitrogen and oxygen atoms in total. The van der Waals surface area contributed by atoms with Crippen LogP contribution in [0.4, 0.5) is 5.69 Å². The molecule has 1 aromatic heterocycles. The summed E-state index contributed by atoms with van der Waals surface area (Å²) in [5.74, 6) is -0.216. The number of carbonyl (C=O) groups excluding carboxylic acids is 1. The van der Waals surface area contributed by atoms with E-state index in [1.807, 2.05) is 0 Å². The third kappa shape index (κ3) is 3.06. The maximum absolute atomic E-state index is 11.9. The number of hydrogen-bond acceptors (Lipinski definition) is 3. The van der Waals surface area contributed by atoms with Crippen molar-refractivity contribution in [2.45, 2.75) is 0 Å². The quantitative estimate of drug-likeness (QED) is 0.329. The van der Waals surface area contributed by atoms with Crippen LogP contribution in [0.1, 0.15) is 16.1 Å². The number of anilines is 1. The molecule has 1 amide bonds. The second-order valence-electron chi connectivity index (χ2n) is 3.79. The van der Waals surface area contributed by atoms with Gasteiger partial charge in [-0.3, -0.25) is 4.79 Å². The van der Waals surface area contributed by atoms with E-state index in [0.29, 0.717) is 16.9 Å². The largest absolute Gasteiger partial charge is 0.409 e. The van der Waals surface area contributed by atoms with Crippen LogP contribution < -0.4 is 16.0 Å². The highest BCUT2D eigenvalue weighted by Gasteiger charge is 2.11. The first-order valence-electron chi connectivity index (χ1n) is 5.57. The number of nitrogens with two attached hydrogens (primary N) is 1. The number of H-pyrrole nitrogens is 1. The van der Waals surface area contributed by atoms with Gasteiger partial charge >= 0.3 is 5.91 Å². The smallest absolute Gasteiger partial charge is 0.320 e. The Morgan fingerprint density at radius 1 is 1.21 bits per heavy atom. The summed E-state index contributed by atoms with van der Waals surface area (Å²) in [7, 11) is 0. The minimum absolute atomic E-state index is 0.0225. The lowest BCUT2D eigenvalue weighted by Crippen LogP contribution is -2.22. The van der Waals surface area contributed by atoms with Crippen molar-refractivity contribution in [1.82, 2.24) is 0 Å². The summed E-state index contributed by atoms with van der Waals surface area (Å²) in [5, 5.41) is 14.2. The van der Waals surface area contributed by atoms with Crippen LogP contribution in [-0.2, 0) is 0 Å². The van der Waals surface area contributed by atoms with Gasteiger partial charge in [0.25, 0.3) is 5.69 Å². The molecule has 0 aliphatic heterocycles. The second-order valence-corrected chi connectivity index (χ2v) is 3.79. The first kappa shape index (κ1) is 12.6. The van der Waals surface area contributed by atoms with Crippen LogP contribution in [0.3, 0.4) is 0 Å². The van der Waals surface area contributed by atoms with Gasteiger partial charge in [0.05, 0.1) is 0 Å². The molecule has 96 valence electrons. The van der Waals surface area contributed by atoms with Crippen molar-refractivity contribution in [2.24, 2.45) is 10.9 Å². The summed E-state index contributed by atoms with van der Waals surface area (Å²) in [6, 6.07) is 11.9. The molecule has 2 aromatic rings. The topological polar surface area (TPSA) is 102 Å². The highest BCUT2D eigenvalue weighted by Crippen LogP contribution is 2.10. The van der Waals surface area contributed by atoms with Crippen LogP contribution in [0.5, 0.6) is 0 Å². The fourth-order valence-electron chi connectivity index (χ4n) is 1.52. The van der Waals surface area contributed by atoms with Gasteiger partial charge in [-0.05, 0) is 30.3 Å². The lowest BCUT2D eigenvalue weighted by atomic mass is 10.2. The van der Waals surface area contributed by atoms with Gasteiger partial charge in [-0.1, -0.05) is 5.16 Å². The van der Waals surface area contributed by atoms with Gasteiger partial charge in [0.2, 0.25) is 0 Å². The zero-order valence-corrected chi connectivity index (χ0v) is 10.00. The molecule has 19 heavy (non-hydrogen) atoms. The zero-order valence-electron chi connectivity index (χ0n) is 10.00. The molecule has 1 heterocycles. The average molecular weight is 257 g/mol. The van der Waals surface area contributed by atoms with Gasteiger partial charge in [0.1, 0.15) is 0 Å². The molecule has 1 aromatic carbocycles. The van der Waals surface area contributed by atoms with Crippen molar-refractivity contribution in [3.63, 3.8) is 0 Å². The number of amidine groups is 1. The Balaban J connectivity index is 2.10. The van der Waals surface area contributed by atoms with Crippen molar-refractivity contribution in [2.75, 3.05) is 5.32 Å². The van der Waals surface area contributed by atoms with Crippen LogP contribution in [-0.4, -0.2) is 17.0 Å². The zero-order chi connectivity index (χ0) is 13.7. The van der Waals surface area contributed by atoms with E-state index in [0.717, 1.165) is 0 Å². The second kappa shape index (κ2) is 5.63. The van der Waals surface area contributed by atoms with Crippen LogP contribution in [0.2, 0.25) is 0 Å². The van der Waals surface area contributed by atoms with Crippen molar-refractivity contribution < 1.29 is 15.0 Å². The first-order valence-corrected chi connectivity index (χ1v) is 5.57. The predicted molar refractivity (Wildman–Crippen MR) is 69.9 cm³/mol. The third-order valence-electron chi connectivity index (χ3n) is 2.50. The summed E-state index contributed by atoms with van der Waals surface area (Å²) in [4.78, 5) is 14.7. The maximum atomic E-state index is 11.9. The summed E-state index contributed by atoms with van der Waals surface area (Å²) in [6.07, 6.45) is 1.68. The SMILES string of the molecule is NC(=NO)c1ccc(NC(=O)c2cccc[nH+]2)cc1. The molecule has 0 fully saturated rings. The summed E-state index contributed by atoms with van der Waals surface area (Å²) >= 11 is 0. The molecule has 0 saturated carbocycles. The lowest BCUT2D eigenvalue weighted by molar-refractivity contribution is -0.381. The molecular formula is C13H13N4O2+. The fourth-order valence-corrected chi connectivity index (χ4v) is 1.52. The molecule has 0 unspecified atom stereocenters. The number of nitrogens with zero attached hydrogens (tertiary/aromatic N) is 1. The van der Waals surface area contributed by atoms with Gasteiger partial charge in [0, 0.05) is 23.4 Å². The molecule has 0 aliphatic carbocycles. The van der Waals surface area contributed by atoms with E-state index in [1.165, 1.54) is 0 Å². The van der Waals surface area contributed by atoms with Crippen LogP contribution in [0, 0.1) is 0 Å². The van der Waals surface area contributed by atoms with E-state index in [-0.39, 0.29) is 11.7 Å². The number of rotatable bonds is 3. The normalized spacial score (nSPS) is 11.1. The van der Waals surface area contributed by atoms with Gasteiger partial charge in [-0.25, -0.2) is 4.98 Å².